The molecule has 0 saturated carbocycles. The third-order valence-electron chi connectivity index (χ3n) is 5.20. The molecule has 8 heteroatoms. The zero-order chi connectivity index (χ0) is 21.2. The van der Waals surface area contributed by atoms with Crippen LogP contribution >= 0.6 is 11.3 Å². The number of halogens is 1. The van der Waals surface area contributed by atoms with E-state index in [1.54, 1.807) is 18.4 Å². The Morgan fingerprint density at radius 3 is 2.67 bits per heavy atom. The van der Waals surface area contributed by atoms with E-state index in [-0.39, 0.29) is 11.9 Å². The largest absolute Gasteiger partial charge is 0.379 e. The van der Waals surface area contributed by atoms with Crippen LogP contribution in [0, 0.1) is 12.7 Å². The molecule has 6 nitrogen and oxygen atoms in total. The van der Waals surface area contributed by atoms with Gasteiger partial charge in [0.15, 0.2) is 5.96 Å². The maximum Gasteiger partial charge on any atom is 0.191 e. The number of aryl methyl sites for hydroxylation is 2. The molecule has 2 N–H and O–H groups in total. The predicted molar refractivity (Wildman–Crippen MR) is 121 cm³/mol. The van der Waals surface area contributed by atoms with E-state index < -0.39 is 0 Å². The highest BCUT2D eigenvalue weighted by Crippen LogP contribution is 2.21. The molecule has 0 spiro atoms. The van der Waals surface area contributed by atoms with Gasteiger partial charge in [-0.25, -0.2) is 9.37 Å². The number of hydrogen-bond donors (Lipinski definition) is 2. The number of aliphatic imine (C=N–C) groups is 1. The molecule has 1 aromatic carbocycles. The van der Waals surface area contributed by atoms with E-state index in [1.165, 1.54) is 17.1 Å². The number of ether oxygens (including phenoxy) is 1. The fourth-order valence-electron chi connectivity index (χ4n) is 3.57. The smallest absolute Gasteiger partial charge is 0.191 e. The minimum atomic E-state index is -0.210. The fraction of sp³-hybridized carbons (Fsp3) is 0.545. The second-order valence-electron chi connectivity index (χ2n) is 7.44. The Bertz CT molecular complexity index is 789. The number of rotatable bonds is 9. The van der Waals surface area contributed by atoms with Crippen molar-refractivity contribution in [3.8, 4) is 0 Å². The molecule has 0 aliphatic carbocycles. The predicted octanol–water partition coefficient (Wildman–Crippen LogP) is 3.15. The molecule has 164 valence electrons. The first-order valence-corrected chi connectivity index (χ1v) is 11.5. The van der Waals surface area contributed by atoms with Gasteiger partial charge in [0.1, 0.15) is 5.82 Å². The lowest BCUT2D eigenvalue weighted by Gasteiger charge is -2.35. The van der Waals surface area contributed by atoms with Crippen molar-refractivity contribution in [2.45, 2.75) is 32.2 Å². The van der Waals surface area contributed by atoms with E-state index in [0.717, 1.165) is 69.3 Å². The zero-order valence-corrected chi connectivity index (χ0v) is 18.7. The molecule has 1 saturated heterocycles. The second kappa shape index (κ2) is 12.0. The Kier molecular flexibility index (Phi) is 9.04. The summed E-state index contributed by atoms with van der Waals surface area (Å²) in [5.41, 5.74) is 2.20. The topological polar surface area (TPSA) is 61.8 Å². The van der Waals surface area contributed by atoms with Gasteiger partial charge in [-0.2, -0.15) is 0 Å². The van der Waals surface area contributed by atoms with Gasteiger partial charge < -0.3 is 15.4 Å². The first kappa shape index (κ1) is 22.7. The highest BCUT2D eigenvalue weighted by Gasteiger charge is 2.23. The maximum absolute atomic E-state index is 13.4. The molecule has 1 atom stereocenters. The summed E-state index contributed by atoms with van der Waals surface area (Å²) >= 11 is 1.74. The van der Waals surface area contributed by atoms with Gasteiger partial charge in [-0.1, -0.05) is 12.1 Å². The molecule has 1 unspecified atom stereocenters. The zero-order valence-electron chi connectivity index (χ0n) is 17.9. The molecule has 30 heavy (non-hydrogen) atoms. The lowest BCUT2D eigenvalue weighted by atomic mass is 10.0. The average molecular weight is 434 g/mol. The van der Waals surface area contributed by atoms with E-state index >= 15 is 0 Å². The van der Waals surface area contributed by atoms with Gasteiger partial charge in [-0.3, -0.25) is 9.89 Å². The number of aromatic nitrogens is 1. The molecular formula is C22H32FN5OS. The minimum absolute atomic E-state index is 0.140. The number of guanidine groups is 1. The number of benzene rings is 1. The van der Waals surface area contributed by atoms with Crippen LogP contribution < -0.4 is 10.6 Å². The van der Waals surface area contributed by atoms with Gasteiger partial charge in [0.2, 0.25) is 0 Å². The van der Waals surface area contributed by atoms with E-state index in [4.69, 9.17) is 4.74 Å². The van der Waals surface area contributed by atoms with Crippen molar-refractivity contribution in [1.29, 1.82) is 0 Å². The summed E-state index contributed by atoms with van der Waals surface area (Å²) in [6.07, 6.45) is 3.18. The van der Waals surface area contributed by atoms with Gasteiger partial charge in [-0.05, 0) is 43.9 Å². The molecule has 2 aromatic rings. The van der Waals surface area contributed by atoms with Crippen molar-refractivity contribution < 1.29 is 9.13 Å². The van der Waals surface area contributed by atoms with E-state index in [1.807, 2.05) is 19.1 Å². The number of morpholine rings is 1. The van der Waals surface area contributed by atoms with Crippen LogP contribution in [-0.4, -0.2) is 62.3 Å². The molecule has 2 heterocycles. The summed E-state index contributed by atoms with van der Waals surface area (Å²) in [4.78, 5) is 11.2. The van der Waals surface area contributed by atoms with Crippen LogP contribution in [0.3, 0.4) is 0 Å². The summed E-state index contributed by atoms with van der Waals surface area (Å²) in [7, 11) is 1.79. The van der Waals surface area contributed by atoms with Crippen molar-refractivity contribution in [1.82, 2.24) is 20.5 Å². The van der Waals surface area contributed by atoms with Gasteiger partial charge in [0.05, 0.1) is 24.3 Å². The Hall–Kier alpha value is -2.03. The SMILES string of the molecule is CN=C(NCCCCc1nc(C)cs1)NCC(c1ccc(F)cc1)N1CCOCC1. The van der Waals surface area contributed by atoms with Gasteiger partial charge in [-0.15, -0.1) is 11.3 Å². The van der Waals surface area contributed by atoms with Crippen LogP contribution in [0.1, 0.15) is 35.1 Å². The first-order valence-electron chi connectivity index (χ1n) is 10.6. The highest BCUT2D eigenvalue weighted by molar-refractivity contribution is 7.09. The van der Waals surface area contributed by atoms with E-state index in [2.05, 4.69) is 30.9 Å². The first-order chi connectivity index (χ1) is 14.7. The van der Waals surface area contributed by atoms with Gasteiger partial charge in [0.25, 0.3) is 0 Å². The van der Waals surface area contributed by atoms with Crippen molar-refractivity contribution >= 4 is 17.3 Å². The Morgan fingerprint density at radius 1 is 1.23 bits per heavy atom. The van der Waals surface area contributed by atoms with Crippen LogP contribution in [0.25, 0.3) is 0 Å². The summed E-state index contributed by atoms with van der Waals surface area (Å²) in [6, 6.07) is 6.93. The van der Waals surface area contributed by atoms with Crippen molar-refractivity contribution in [3.63, 3.8) is 0 Å². The third kappa shape index (κ3) is 7.04. The van der Waals surface area contributed by atoms with Crippen LogP contribution in [0.2, 0.25) is 0 Å². The standard InChI is InChI=1S/C22H32FN5OS/c1-17-16-30-21(27-17)5-3-4-10-25-22(24-2)26-15-20(28-11-13-29-14-12-28)18-6-8-19(23)9-7-18/h6-9,16,20H,3-5,10-15H2,1-2H3,(H2,24,25,26). The molecular weight excluding hydrogens is 401 g/mol. The number of nitrogens with zero attached hydrogens (tertiary/aromatic N) is 3. The highest BCUT2D eigenvalue weighted by atomic mass is 32.1. The van der Waals surface area contributed by atoms with Crippen LogP contribution in [-0.2, 0) is 11.2 Å². The summed E-state index contributed by atoms with van der Waals surface area (Å²) in [5, 5.41) is 10.2. The summed E-state index contributed by atoms with van der Waals surface area (Å²) in [5.74, 6) is 0.582. The lowest BCUT2D eigenvalue weighted by molar-refractivity contribution is 0.0170. The minimum Gasteiger partial charge on any atom is -0.379 e. The normalized spacial score (nSPS) is 16.4. The number of hydrogen-bond acceptors (Lipinski definition) is 5. The molecule has 0 radical (unpaired) electrons. The van der Waals surface area contributed by atoms with Crippen molar-refractivity contribution in [2.24, 2.45) is 4.99 Å². The summed E-state index contributed by atoms with van der Waals surface area (Å²) < 4.78 is 18.9. The Balaban J connectivity index is 1.46. The quantitative estimate of drug-likeness (QED) is 0.361. The van der Waals surface area contributed by atoms with Crippen LogP contribution in [0.5, 0.6) is 0 Å². The van der Waals surface area contributed by atoms with Gasteiger partial charge >= 0.3 is 0 Å². The summed E-state index contributed by atoms with van der Waals surface area (Å²) in [6.45, 7) is 6.78. The van der Waals surface area contributed by atoms with E-state index in [0.29, 0.717) is 6.54 Å². The molecule has 3 rings (SSSR count). The Labute approximate surface area is 182 Å². The molecule has 1 aliphatic rings. The third-order valence-corrected chi connectivity index (χ3v) is 6.23. The van der Waals surface area contributed by atoms with Crippen molar-refractivity contribution in [2.75, 3.05) is 46.4 Å². The van der Waals surface area contributed by atoms with Crippen molar-refractivity contribution in [3.05, 3.63) is 51.7 Å². The Morgan fingerprint density at radius 2 is 2.00 bits per heavy atom. The maximum atomic E-state index is 13.4. The molecule has 0 bridgehead atoms. The van der Waals surface area contributed by atoms with Crippen LogP contribution in [0.15, 0.2) is 34.6 Å². The van der Waals surface area contributed by atoms with E-state index in [9.17, 15) is 4.39 Å². The number of unbranched alkanes of at least 4 members (excludes halogenated alkanes) is 1. The van der Waals surface area contributed by atoms with Gasteiger partial charge in [0, 0.05) is 44.3 Å². The number of thiazole rings is 1. The van der Waals surface area contributed by atoms with Crippen LogP contribution in [0.4, 0.5) is 4.39 Å². The average Bonchev–Trinajstić information content (AvgIpc) is 3.19. The monoisotopic (exact) mass is 433 g/mol. The molecule has 0 amide bonds. The molecule has 1 fully saturated rings. The number of nitrogens with one attached hydrogen (secondary N) is 2. The molecule has 1 aromatic heterocycles. The second-order valence-corrected chi connectivity index (χ2v) is 8.38. The molecule has 1 aliphatic heterocycles. The fourth-order valence-corrected chi connectivity index (χ4v) is 4.39. The lowest BCUT2D eigenvalue weighted by Crippen LogP contribution is -2.46.